The van der Waals surface area contributed by atoms with Crippen molar-refractivity contribution in [3.8, 4) is 0 Å². The predicted molar refractivity (Wildman–Crippen MR) is 82.9 cm³/mol. The summed E-state index contributed by atoms with van der Waals surface area (Å²) in [5, 5.41) is 12.2. The first-order valence-electron chi connectivity index (χ1n) is 7.80. The molecule has 4 heterocycles. The molecule has 2 fully saturated rings. The SMILES string of the molecule is CN1CCC(c2nnc3cc(N4CCNCC4)ccn23)C1. The van der Waals surface area contributed by atoms with Crippen LogP contribution in [0.4, 0.5) is 5.69 Å². The van der Waals surface area contributed by atoms with Crippen LogP contribution in [0.2, 0.25) is 0 Å². The molecule has 6 nitrogen and oxygen atoms in total. The van der Waals surface area contributed by atoms with Gasteiger partial charge in [0, 0.05) is 56.6 Å². The van der Waals surface area contributed by atoms with Crippen molar-refractivity contribution >= 4 is 11.3 Å². The van der Waals surface area contributed by atoms with Crippen LogP contribution < -0.4 is 10.2 Å². The minimum absolute atomic E-state index is 0.509. The van der Waals surface area contributed by atoms with Gasteiger partial charge >= 0.3 is 0 Å². The predicted octanol–water partition coefficient (Wildman–Crippen LogP) is 0.558. The zero-order chi connectivity index (χ0) is 14.2. The Hall–Kier alpha value is -1.66. The molecule has 2 aliphatic rings. The van der Waals surface area contributed by atoms with Gasteiger partial charge in [0.2, 0.25) is 0 Å². The van der Waals surface area contributed by atoms with Crippen LogP contribution in [-0.4, -0.2) is 65.8 Å². The Morgan fingerprint density at radius 2 is 2.05 bits per heavy atom. The van der Waals surface area contributed by atoms with Gasteiger partial charge in [0.15, 0.2) is 5.65 Å². The Balaban J connectivity index is 1.64. The largest absolute Gasteiger partial charge is 0.369 e. The molecule has 1 N–H and O–H groups in total. The van der Waals surface area contributed by atoms with Gasteiger partial charge in [-0.05, 0) is 26.1 Å². The summed E-state index contributed by atoms with van der Waals surface area (Å²) < 4.78 is 2.16. The van der Waals surface area contributed by atoms with Gasteiger partial charge in [-0.25, -0.2) is 0 Å². The van der Waals surface area contributed by atoms with E-state index in [1.807, 2.05) is 0 Å². The van der Waals surface area contributed by atoms with Crippen LogP contribution in [0.1, 0.15) is 18.2 Å². The van der Waals surface area contributed by atoms with E-state index in [4.69, 9.17) is 0 Å². The summed E-state index contributed by atoms with van der Waals surface area (Å²) in [6, 6.07) is 4.37. The van der Waals surface area contributed by atoms with Crippen molar-refractivity contribution < 1.29 is 0 Å². The minimum Gasteiger partial charge on any atom is -0.369 e. The smallest absolute Gasteiger partial charge is 0.162 e. The highest BCUT2D eigenvalue weighted by atomic mass is 15.3. The Labute approximate surface area is 124 Å². The van der Waals surface area contributed by atoms with Gasteiger partial charge in [0.1, 0.15) is 5.82 Å². The quantitative estimate of drug-likeness (QED) is 0.874. The third kappa shape index (κ3) is 2.38. The number of piperazine rings is 1. The first-order valence-corrected chi connectivity index (χ1v) is 7.80. The van der Waals surface area contributed by atoms with Crippen LogP contribution in [0.5, 0.6) is 0 Å². The summed E-state index contributed by atoms with van der Waals surface area (Å²) in [4.78, 5) is 4.77. The van der Waals surface area contributed by atoms with Crippen molar-refractivity contribution in [3.05, 3.63) is 24.2 Å². The van der Waals surface area contributed by atoms with Crippen LogP contribution in [0.3, 0.4) is 0 Å². The standard InChI is InChI=1S/C15H22N6/c1-19-6-2-12(11-19)15-18-17-14-10-13(3-7-21(14)15)20-8-4-16-5-9-20/h3,7,10,12,16H,2,4-6,8-9,11H2,1H3. The molecule has 21 heavy (non-hydrogen) atoms. The highest BCUT2D eigenvalue weighted by molar-refractivity contribution is 5.56. The number of anilines is 1. The molecule has 0 saturated carbocycles. The molecular formula is C15H22N6. The van der Waals surface area contributed by atoms with Crippen LogP contribution in [0, 0.1) is 0 Å². The summed E-state index contributed by atoms with van der Waals surface area (Å²) in [7, 11) is 2.17. The normalized spacial score (nSPS) is 24.0. The van der Waals surface area contributed by atoms with Gasteiger partial charge < -0.3 is 15.1 Å². The fourth-order valence-electron chi connectivity index (χ4n) is 3.44. The first kappa shape index (κ1) is 13.0. The number of hydrogen-bond donors (Lipinski definition) is 1. The molecule has 1 atom stereocenters. The number of rotatable bonds is 2. The molecule has 6 heteroatoms. The monoisotopic (exact) mass is 286 g/mol. The lowest BCUT2D eigenvalue weighted by molar-refractivity contribution is 0.409. The maximum absolute atomic E-state index is 4.45. The fraction of sp³-hybridized carbons (Fsp3) is 0.600. The van der Waals surface area contributed by atoms with Crippen molar-refractivity contribution in [2.24, 2.45) is 0 Å². The average molecular weight is 286 g/mol. The van der Waals surface area contributed by atoms with Crippen molar-refractivity contribution in [1.29, 1.82) is 0 Å². The molecule has 0 spiro atoms. The van der Waals surface area contributed by atoms with Gasteiger partial charge in [-0.2, -0.15) is 0 Å². The number of nitrogens with zero attached hydrogens (tertiary/aromatic N) is 5. The molecular weight excluding hydrogens is 264 g/mol. The van der Waals surface area contributed by atoms with E-state index in [0.717, 1.165) is 50.7 Å². The van der Waals surface area contributed by atoms with E-state index in [9.17, 15) is 0 Å². The third-order valence-electron chi connectivity index (χ3n) is 4.66. The fourth-order valence-corrected chi connectivity index (χ4v) is 3.44. The van der Waals surface area contributed by atoms with Crippen molar-refractivity contribution in [2.75, 3.05) is 51.2 Å². The van der Waals surface area contributed by atoms with Gasteiger partial charge in [-0.1, -0.05) is 0 Å². The molecule has 0 aromatic carbocycles. The maximum atomic E-state index is 4.45. The second kappa shape index (κ2) is 5.27. The summed E-state index contributed by atoms with van der Waals surface area (Å²) in [5.41, 5.74) is 2.22. The molecule has 0 radical (unpaired) electrons. The van der Waals surface area contributed by atoms with Gasteiger partial charge in [-0.3, -0.25) is 4.40 Å². The summed E-state index contributed by atoms with van der Waals surface area (Å²) in [5.74, 6) is 1.62. The van der Waals surface area contributed by atoms with Crippen LogP contribution in [0.15, 0.2) is 18.3 Å². The van der Waals surface area contributed by atoms with Gasteiger partial charge in [0.25, 0.3) is 0 Å². The lowest BCUT2D eigenvalue weighted by Gasteiger charge is -2.29. The second-order valence-electron chi connectivity index (χ2n) is 6.16. The molecule has 112 valence electrons. The van der Waals surface area contributed by atoms with Gasteiger partial charge in [0.05, 0.1) is 0 Å². The maximum Gasteiger partial charge on any atom is 0.162 e. The van der Waals surface area contributed by atoms with Crippen LogP contribution >= 0.6 is 0 Å². The molecule has 0 bridgehead atoms. The van der Waals surface area contributed by atoms with Crippen LogP contribution in [0.25, 0.3) is 5.65 Å². The molecule has 2 aliphatic heterocycles. The molecule has 2 aromatic rings. The Morgan fingerprint density at radius 3 is 2.81 bits per heavy atom. The van der Waals surface area contributed by atoms with Crippen molar-refractivity contribution in [1.82, 2.24) is 24.8 Å². The highest BCUT2D eigenvalue weighted by Crippen LogP contribution is 2.26. The van der Waals surface area contributed by atoms with E-state index < -0.39 is 0 Å². The summed E-state index contributed by atoms with van der Waals surface area (Å²) in [6.45, 7) is 6.46. The van der Waals surface area contributed by atoms with E-state index in [-0.39, 0.29) is 0 Å². The minimum atomic E-state index is 0.509. The topological polar surface area (TPSA) is 48.7 Å². The molecule has 2 aromatic heterocycles. The Kier molecular flexibility index (Phi) is 3.27. The van der Waals surface area contributed by atoms with E-state index >= 15 is 0 Å². The lowest BCUT2D eigenvalue weighted by Crippen LogP contribution is -2.43. The van der Waals surface area contributed by atoms with Crippen LogP contribution in [-0.2, 0) is 0 Å². The number of aromatic nitrogens is 3. The van der Waals surface area contributed by atoms with Crippen molar-refractivity contribution in [3.63, 3.8) is 0 Å². The number of likely N-dealkylation sites (N-methyl/N-ethyl adjacent to an activating group) is 1. The number of likely N-dealkylation sites (tertiary alicyclic amines) is 1. The molecule has 1 unspecified atom stereocenters. The van der Waals surface area contributed by atoms with E-state index in [1.165, 1.54) is 12.1 Å². The van der Waals surface area contributed by atoms with E-state index in [2.05, 4.69) is 55.1 Å². The molecule has 4 rings (SSSR count). The zero-order valence-corrected chi connectivity index (χ0v) is 12.5. The van der Waals surface area contributed by atoms with Gasteiger partial charge in [-0.15, -0.1) is 10.2 Å². The molecule has 0 amide bonds. The number of pyridine rings is 1. The lowest BCUT2D eigenvalue weighted by atomic mass is 10.1. The highest BCUT2D eigenvalue weighted by Gasteiger charge is 2.25. The average Bonchev–Trinajstić information content (AvgIpc) is 3.13. The number of nitrogens with one attached hydrogen (secondary N) is 1. The Bertz CT molecular complexity index is 630. The van der Waals surface area contributed by atoms with Crippen molar-refractivity contribution in [2.45, 2.75) is 12.3 Å². The summed E-state index contributed by atoms with van der Waals surface area (Å²) in [6.07, 6.45) is 3.32. The molecule has 2 saturated heterocycles. The van der Waals surface area contributed by atoms with E-state index in [0.29, 0.717) is 5.92 Å². The Morgan fingerprint density at radius 1 is 1.19 bits per heavy atom. The molecule has 0 aliphatic carbocycles. The third-order valence-corrected chi connectivity index (χ3v) is 4.66. The summed E-state index contributed by atoms with van der Waals surface area (Å²) >= 11 is 0. The first-order chi connectivity index (χ1) is 10.3. The second-order valence-corrected chi connectivity index (χ2v) is 6.16. The number of fused-ring (bicyclic) bond motifs is 1. The zero-order valence-electron chi connectivity index (χ0n) is 12.5. The number of hydrogen-bond acceptors (Lipinski definition) is 5. The van der Waals surface area contributed by atoms with E-state index in [1.54, 1.807) is 0 Å².